The fourth-order valence-corrected chi connectivity index (χ4v) is 4.88. The molecule has 3 N–H and O–H groups in total. The third-order valence-electron chi connectivity index (χ3n) is 2.89. The highest BCUT2D eigenvalue weighted by Gasteiger charge is 2.21. The fraction of sp³-hybridized carbons (Fsp3) is 0.154. The molecule has 21 heavy (non-hydrogen) atoms. The number of halogens is 2. The highest BCUT2D eigenvalue weighted by Crippen LogP contribution is 2.31. The molecule has 0 bridgehead atoms. The van der Waals surface area contributed by atoms with E-state index in [-0.39, 0.29) is 17.1 Å². The SMILES string of the molecule is Cc1cnccc1CNS(=O)(=O)c1c(N)cc(Br)cc1Br. The van der Waals surface area contributed by atoms with Crippen molar-refractivity contribution >= 4 is 47.6 Å². The minimum atomic E-state index is -3.72. The van der Waals surface area contributed by atoms with E-state index >= 15 is 0 Å². The Morgan fingerprint density at radius 1 is 1.33 bits per heavy atom. The van der Waals surface area contributed by atoms with E-state index in [0.717, 1.165) is 11.1 Å². The van der Waals surface area contributed by atoms with E-state index in [1.54, 1.807) is 30.6 Å². The number of hydrogen-bond donors (Lipinski definition) is 2. The minimum absolute atomic E-state index is 0.0393. The Morgan fingerprint density at radius 3 is 2.67 bits per heavy atom. The number of nitrogen functional groups attached to an aromatic ring is 1. The summed E-state index contributed by atoms with van der Waals surface area (Å²) in [5.74, 6) is 0. The standard InChI is InChI=1S/C13H13Br2N3O2S/c1-8-6-17-3-2-9(8)7-18-21(19,20)13-11(15)4-10(14)5-12(13)16/h2-6,18H,7,16H2,1H3. The Bertz CT molecular complexity index is 756. The second kappa shape index (κ2) is 6.43. The predicted octanol–water partition coefficient (Wildman–Crippen LogP) is 2.98. The summed E-state index contributed by atoms with van der Waals surface area (Å²) >= 11 is 6.50. The number of pyridine rings is 1. The van der Waals surface area contributed by atoms with Gasteiger partial charge in [0.15, 0.2) is 0 Å². The number of aryl methyl sites for hydroxylation is 1. The molecule has 112 valence electrons. The summed E-state index contributed by atoms with van der Waals surface area (Å²) < 4.78 is 28.5. The maximum atomic E-state index is 12.4. The first-order valence-corrected chi connectivity index (χ1v) is 9.02. The Hall–Kier alpha value is -0.960. The van der Waals surface area contributed by atoms with Crippen LogP contribution in [0.25, 0.3) is 0 Å². The zero-order valence-corrected chi connectivity index (χ0v) is 15.1. The van der Waals surface area contributed by atoms with Crippen molar-refractivity contribution in [2.45, 2.75) is 18.4 Å². The highest BCUT2D eigenvalue weighted by atomic mass is 79.9. The summed E-state index contributed by atoms with van der Waals surface area (Å²) in [6.45, 7) is 2.05. The van der Waals surface area contributed by atoms with Crippen LogP contribution in [0.4, 0.5) is 5.69 Å². The van der Waals surface area contributed by atoms with Gasteiger partial charge in [0, 0.05) is 27.9 Å². The van der Waals surface area contributed by atoms with Gasteiger partial charge in [0.05, 0.1) is 5.69 Å². The van der Waals surface area contributed by atoms with Crippen LogP contribution in [0.15, 0.2) is 44.4 Å². The van der Waals surface area contributed by atoms with Crippen LogP contribution in [-0.4, -0.2) is 13.4 Å². The second-order valence-corrected chi connectivity index (χ2v) is 7.91. The molecule has 0 radical (unpaired) electrons. The molecule has 0 saturated carbocycles. The highest BCUT2D eigenvalue weighted by molar-refractivity contribution is 9.11. The molecule has 0 aliphatic heterocycles. The lowest BCUT2D eigenvalue weighted by Gasteiger charge is -2.12. The Balaban J connectivity index is 2.30. The maximum absolute atomic E-state index is 12.4. The first kappa shape index (κ1) is 16.4. The number of rotatable bonds is 4. The number of sulfonamides is 1. The van der Waals surface area contributed by atoms with Crippen LogP contribution in [0.5, 0.6) is 0 Å². The summed E-state index contributed by atoms with van der Waals surface area (Å²) in [5.41, 5.74) is 7.78. The average molecular weight is 435 g/mol. The third-order valence-corrected chi connectivity index (χ3v) is 5.76. The van der Waals surface area contributed by atoms with Gasteiger partial charge in [0.25, 0.3) is 0 Å². The van der Waals surface area contributed by atoms with Crippen molar-refractivity contribution in [1.82, 2.24) is 9.71 Å². The molecule has 0 amide bonds. The number of nitrogens with zero attached hydrogens (tertiary/aromatic N) is 1. The lowest BCUT2D eigenvalue weighted by atomic mass is 10.2. The predicted molar refractivity (Wildman–Crippen MR) is 89.3 cm³/mol. The third kappa shape index (κ3) is 3.82. The van der Waals surface area contributed by atoms with Crippen molar-refractivity contribution in [3.63, 3.8) is 0 Å². The molecule has 0 aliphatic carbocycles. The molecule has 0 aliphatic rings. The molecule has 2 aromatic rings. The van der Waals surface area contributed by atoms with Crippen molar-refractivity contribution in [3.8, 4) is 0 Å². The van der Waals surface area contributed by atoms with Crippen LogP contribution in [0, 0.1) is 6.92 Å². The topological polar surface area (TPSA) is 85.1 Å². The molecule has 5 nitrogen and oxygen atoms in total. The van der Waals surface area contributed by atoms with Crippen molar-refractivity contribution in [3.05, 3.63) is 50.7 Å². The van der Waals surface area contributed by atoms with Crippen molar-refractivity contribution in [2.75, 3.05) is 5.73 Å². The van der Waals surface area contributed by atoms with Crippen LogP contribution in [0.1, 0.15) is 11.1 Å². The number of benzene rings is 1. The van der Waals surface area contributed by atoms with E-state index in [2.05, 4.69) is 41.6 Å². The molecule has 0 spiro atoms. The van der Waals surface area contributed by atoms with Gasteiger partial charge >= 0.3 is 0 Å². The molecule has 1 heterocycles. The zero-order chi connectivity index (χ0) is 15.6. The van der Waals surface area contributed by atoms with Gasteiger partial charge in [-0.1, -0.05) is 15.9 Å². The van der Waals surface area contributed by atoms with Gasteiger partial charge in [-0.15, -0.1) is 0 Å². The molecule has 2 rings (SSSR count). The molecule has 0 unspecified atom stereocenters. The molecule has 8 heteroatoms. The summed E-state index contributed by atoms with van der Waals surface area (Å²) in [5, 5.41) is 0. The van der Waals surface area contributed by atoms with Crippen LogP contribution < -0.4 is 10.5 Å². The number of hydrogen-bond acceptors (Lipinski definition) is 4. The summed E-state index contributed by atoms with van der Waals surface area (Å²) in [7, 11) is -3.72. The van der Waals surface area contributed by atoms with Gasteiger partial charge in [-0.3, -0.25) is 4.98 Å². The number of anilines is 1. The first-order chi connectivity index (χ1) is 9.81. The Labute approximate surface area is 140 Å². The van der Waals surface area contributed by atoms with Gasteiger partial charge in [-0.25, -0.2) is 13.1 Å². The van der Waals surface area contributed by atoms with Gasteiger partial charge in [-0.05, 0) is 52.2 Å². The van der Waals surface area contributed by atoms with E-state index in [0.29, 0.717) is 8.95 Å². The molecule has 0 fully saturated rings. The molecular formula is C13H13Br2N3O2S. The second-order valence-electron chi connectivity index (χ2n) is 4.43. The molecule has 1 aromatic carbocycles. The molecular weight excluding hydrogens is 422 g/mol. The lowest BCUT2D eigenvalue weighted by Crippen LogP contribution is -2.25. The Kier molecular flexibility index (Phi) is 5.03. The minimum Gasteiger partial charge on any atom is -0.398 e. The van der Waals surface area contributed by atoms with E-state index in [4.69, 9.17) is 5.73 Å². The van der Waals surface area contributed by atoms with Crippen LogP contribution >= 0.6 is 31.9 Å². The normalized spacial score (nSPS) is 11.6. The van der Waals surface area contributed by atoms with E-state index in [1.807, 2.05) is 6.92 Å². The van der Waals surface area contributed by atoms with E-state index in [1.165, 1.54) is 0 Å². The van der Waals surface area contributed by atoms with Crippen molar-refractivity contribution < 1.29 is 8.42 Å². The van der Waals surface area contributed by atoms with Gasteiger partial charge < -0.3 is 5.73 Å². The first-order valence-electron chi connectivity index (χ1n) is 5.95. The van der Waals surface area contributed by atoms with Gasteiger partial charge in [0.1, 0.15) is 4.90 Å². The smallest absolute Gasteiger partial charge is 0.244 e. The molecule has 1 aromatic heterocycles. The van der Waals surface area contributed by atoms with Gasteiger partial charge in [0.2, 0.25) is 10.0 Å². The zero-order valence-electron chi connectivity index (χ0n) is 11.1. The number of nitrogens with one attached hydrogen (secondary N) is 1. The van der Waals surface area contributed by atoms with E-state index in [9.17, 15) is 8.42 Å². The van der Waals surface area contributed by atoms with Crippen molar-refractivity contribution in [1.29, 1.82) is 0 Å². The van der Waals surface area contributed by atoms with Crippen LogP contribution in [0.3, 0.4) is 0 Å². The van der Waals surface area contributed by atoms with Crippen molar-refractivity contribution in [2.24, 2.45) is 0 Å². The fourth-order valence-electron chi connectivity index (χ4n) is 1.81. The molecule has 0 atom stereocenters. The largest absolute Gasteiger partial charge is 0.398 e. The Morgan fingerprint density at radius 2 is 2.05 bits per heavy atom. The maximum Gasteiger partial charge on any atom is 0.244 e. The van der Waals surface area contributed by atoms with Crippen LogP contribution in [0.2, 0.25) is 0 Å². The molecule has 0 saturated heterocycles. The quantitative estimate of drug-likeness (QED) is 0.724. The lowest BCUT2D eigenvalue weighted by molar-refractivity contribution is 0.581. The van der Waals surface area contributed by atoms with Crippen LogP contribution in [-0.2, 0) is 16.6 Å². The van der Waals surface area contributed by atoms with Gasteiger partial charge in [-0.2, -0.15) is 0 Å². The number of aromatic nitrogens is 1. The summed E-state index contributed by atoms with van der Waals surface area (Å²) in [6, 6.07) is 4.97. The summed E-state index contributed by atoms with van der Waals surface area (Å²) in [6.07, 6.45) is 3.31. The number of nitrogens with two attached hydrogens (primary N) is 1. The average Bonchev–Trinajstić information content (AvgIpc) is 2.36. The monoisotopic (exact) mass is 433 g/mol. The van der Waals surface area contributed by atoms with E-state index < -0.39 is 10.0 Å². The summed E-state index contributed by atoms with van der Waals surface area (Å²) in [4.78, 5) is 4.01.